The summed E-state index contributed by atoms with van der Waals surface area (Å²) in [5.74, 6) is -0.460. The van der Waals surface area contributed by atoms with E-state index in [4.69, 9.17) is 0 Å². The van der Waals surface area contributed by atoms with Gasteiger partial charge in [0.2, 0.25) is 5.82 Å². The normalized spacial score (nSPS) is 16.2. The number of unbranched alkanes of at least 4 members (excludes halogenated alkanes) is 1. The summed E-state index contributed by atoms with van der Waals surface area (Å²) in [7, 11) is 0. The number of fused-ring (bicyclic) bond motifs is 1. The average molecular weight is 305 g/mol. The van der Waals surface area contributed by atoms with Crippen molar-refractivity contribution in [3.63, 3.8) is 0 Å². The van der Waals surface area contributed by atoms with Gasteiger partial charge in [-0.05, 0) is 38.9 Å². The molecule has 0 spiro atoms. The van der Waals surface area contributed by atoms with Gasteiger partial charge >= 0.3 is 6.18 Å². The molecule has 5 nitrogen and oxygen atoms in total. The molecular weight excluding hydrogens is 283 g/mol. The van der Waals surface area contributed by atoms with E-state index in [0.717, 1.165) is 38.9 Å². The Morgan fingerprint density at radius 2 is 1.95 bits per heavy atom. The van der Waals surface area contributed by atoms with E-state index < -0.39 is 12.0 Å². The molecule has 0 atom stereocenters. The number of alkyl halides is 3. The Labute approximate surface area is 122 Å². The van der Waals surface area contributed by atoms with Gasteiger partial charge in [-0.25, -0.2) is 0 Å². The zero-order valence-electron chi connectivity index (χ0n) is 12.3. The summed E-state index contributed by atoms with van der Waals surface area (Å²) in [6, 6.07) is 0. The highest BCUT2D eigenvalue weighted by molar-refractivity contribution is 5.02. The van der Waals surface area contributed by atoms with Gasteiger partial charge in [0, 0.05) is 13.1 Å². The van der Waals surface area contributed by atoms with Gasteiger partial charge in [-0.15, -0.1) is 10.2 Å². The number of aromatic nitrogens is 3. The second-order valence-electron chi connectivity index (χ2n) is 5.32. The van der Waals surface area contributed by atoms with Crippen LogP contribution in [0, 0.1) is 0 Å². The summed E-state index contributed by atoms with van der Waals surface area (Å²) in [5.41, 5.74) is 0. The Hall–Kier alpha value is -1.15. The molecule has 1 aliphatic rings. The van der Waals surface area contributed by atoms with Crippen molar-refractivity contribution in [2.45, 2.75) is 45.5 Å². The Bertz CT molecular complexity index is 444. The van der Waals surface area contributed by atoms with Gasteiger partial charge in [-0.1, -0.05) is 6.92 Å². The summed E-state index contributed by atoms with van der Waals surface area (Å²) in [6.45, 7) is 6.43. The molecule has 0 bridgehead atoms. The van der Waals surface area contributed by atoms with Gasteiger partial charge in [-0.2, -0.15) is 13.2 Å². The average Bonchev–Trinajstić information content (AvgIpc) is 2.85. The number of nitrogens with one attached hydrogen (secondary N) is 1. The maximum absolute atomic E-state index is 12.7. The summed E-state index contributed by atoms with van der Waals surface area (Å²) < 4.78 is 39.3. The van der Waals surface area contributed by atoms with Crippen LogP contribution in [0.3, 0.4) is 0 Å². The summed E-state index contributed by atoms with van der Waals surface area (Å²) >= 11 is 0. The van der Waals surface area contributed by atoms with Gasteiger partial charge in [0.25, 0.3) is 0 Å². The van der Waals surface area contributed by atoms with E-state index in [2.05, 4.69) is 27.3 Å². The van der Waals surface area contributed by atoms with E-state index in [-0.39, 0.29) is 0 Å². The lowest BCUT2D eigenvalue weighted by atomic mass is 10.2. The topological polar surface area (TPSA) is 46.0 Å². The van der Waals surface area contributed by atoms with Crippen LogP contribution in [0.5, 0.6) is 0 Å². The van der Waals surface area contributed by atoms with E-state index in [1.54, 1.807) is 0 Å². The molecule has 0 aromatic carbocycles. The first-order valence-corrected chi connectivity index (χ1v) is 7.44. The Morgan fingerprint density at radius 1 is 1.14 bits per heavy atom. The number of nitrogens with zero attached hydrogens (tertiary/aromatic N) is 4. The molecule has 21 heavy (non-hydrogen) atoms. The van der Waals surface area contributed by atoms with Crippen LogP contribution < -0.4 is 5.32 Å². The molecule has 120 valence electrons. The fourth-order valence-electron chi connectivity index (χ4n) is 2.50. The molecule has 1 N–H and O–H groups in total. The summed E-state index contributed by atoms with van der Waals surface area (Å²) in [5, 5.41) is 10.3. The van der Waals surface area contributed by atoms with E-state index in [1.165, 1.54) is 4.57 Å². The van der Waals surface area contributed by atoms with Crippen molar-refractivity contribution < 1.29 is 13.2 Å². The van der Waals surface area contributed by atoms with Gasteiger partial charge in [-0.3, -0.25) is 4.90 Å². The predicted molar refractivity (Wildman–Crippen MR) is 72.7 cm³/mol. The molecular formula is C13H22F3N5. The first-order valence-electron chi connectivity index (χ1n) is 7.44. The Kier molecular flexibility index (Phi) is 5.58. The van der Waals surface area contributed by atoms with Crippen molar-refractivity contribution in [3.05, 3.63) is 11.6 Å². The van der Waals surface area contributed by atoms with E-state index in [9.17, 15) is 13.2 Å². The molecule has 1 aromatic heterocycles. The minimum atomic E-state index is -4.42. The van der Waals surface area contributed by atoms with Crippen molar-refractivity contribution in [3.8, 4) is 0 Å². The Morgan fingerprint density at radius 3 is 2.67 bits per heavy atom. The maximum atomic E-state index is 12.7. The van der Waals surface area contributed by atoms with Crippen LogP contribution in [0.4, 0.5) is 13.2 Å². The third-order valence-corrected chi connectivity index (χ3v) is 3.59. The van der Waals surface area contributed by atoms with Crippen molar-refractivity contribution >= 4 is 0 Å². The van der Waals surface area contributed by atoms with Crippen LogP contribution in [0.15, 0.2) is 0 Å². The van der Waals surface area contributed by atoms with Crippen molar-refractivity contribution in [2.75, 3.05) is 26.2 Å². The number of halogens is 3. The SMILES string of the molecule is CCCNCCCCN1CCn2c(nnc2C(F)(F)F)C1. The lowest BCUT2D eigenvalue weighted by molar-refractivity contribution is -0.148. The van der Waals surface area contributed by atoms with Gasteiger partial charge in [0.15, 0.2) is 0 Å². The first kappa shape index (κ1) is 16.2. The fraction of sp³-hybridized carbons (Fsp3) is 0.846. The molecule has 8 heteroatoms. The highest BCUT2D eigenvalue weighted by atomic mass is 19.4. The predicted octanol–water partition coefficient (Wildman–Crippen LogP) is 1.89. The standard InChI is InChI=1S/C13H22F3N5/c1-2-5-17-6-3-4-7-20-8-9-21-11(10-20)18-19-12(21)13(14,15)16/h17H,2-10H2,1H3. The third-order valence-electron chi connectivity index (χ3n) is 3.59. The van der Waals surface area contributed by atoms with Gasteiger partial charge in [0.05, 0.1) is 6.54 Å². The summed E-state index contributed by atoms with van der Waals surface area (Å²) in [6.07, 6.45) is -1.17. The fourth-order valence-corrected chi connectivity index (χ4v) is 2.50. The van der Waals surface area contributed by atoms with Gasteiger partial charge < -0.3 is 9.88 Å². The quantitative estimate of drug-likeness (QED) is 0.782. The van der Waals surface area contributed by atoms with Crippen LogP contribution in [0.2, 0.25) is 0 Å². The lowest BCUT2D eigenvalue weighted by Gasteiger charge is -2.27. The molecule has 0 amide bonds. The summed E-state index contributed by atoms with van der Waals surface area (Å²) in [4.78, 5) is 2.14. The van der Waals surface area contributed by atoms with Crippen LogP contribution in [-0.4, -0.2) is 45.8 Å². The second kappa shape index (κ2) is 7.22. The molecule has 2 rings (SSSR count). The van der Waals surface area contributed by atoms with E-state index in [1.807, 2.05) is 0 Å². The van der Waals surface area contributed by atoms with Crippen molar-refractivity contribution in [1.82, 2.24) is 25.0 Å². The molecule has 0 saturated heterocycles. The molecule has 0 saturated carbocycles. The van der Waals surface area contributed by atoms with Crippen LogP contribution >= 0.6 is 0 Å². The highest BCUT2D eigenvalue weighted by Gasteiger charge is 2.39. The highest BCUT2D eigenvalue weighted by Crippen LogP contribution is 2.29. The molecule has 2 heterocycles. The zero-order valence-corrected chi connectivity index (χ0v) is 12.3. The molecule has 0 fully saturated rings. The third kappa shape index (κ3) is 4.41. The minimum Gasteiger partial charge on any atom is -0.317 e. The van der Waals surface area contributed by atoms with E-state index in [0.29, 0.717) is 25.5 Å². The van der Waals surface area contributed by atoms with Crippen molar-refractivity contribution in [1.29, 1.82) is 0 Å². The monoisotopic (exact) mass is 305 g/mol. The lowest BCUT2D eigenvalue weighted by Crippen LogP contribution is -2.36. The first-order chi connectivity index (χ1) is 10.0. The Balaban J connectivity index is 1.77. The maximum Gasteiger partial charge on any atom is 0.451 e. The van der Waals surface area contributed by atoms with Crippen molar-refractivity contribution in [2.24, 2.45) is 0 Å². The molecule has 0 unspecified atom stereocenters. The largest absolute Gasteiger partial charge is 0.451 e. The van der Waals surface area contributed by atoms with E-state index >= 15 is 0 Å². The molecule has 0 radical (unpaired) electrons. The van der Waals surface area contributed by atoms with Gasteiger partial charge in [0.1, 0.15) is 5.82 Å². The minimum absolute atomic E-state index is 0.311. The van der Waals surface area contributed by atoms with Crippen LogP contribution in [0.1, 0.15) is 37.8 Å². The smallest absolute Gasteiger partial charge is 0.317 e. The molecule has 1 aromatic rings. The number of rotatable bonds is 7. The molecule has 1 aliphatic heterocycles. The second-order valence-corrected chi connectivity index (χ2v) is 5.32. The van der Waals surface area contributed by atoms with Crippen LogP contribution in [-0.2, 0) is 19.3 Å². The van der Waals surface area contributed by atoms with Crippen LogP contribution in [0.25, 0.3) is 0 Å². The number of hydrogen-bond acceptors (Lipinski definition) is 4. The number of hydrogen-bond donors (Lipinski definition) is 1. The zero-order chi connectivity index (χ0) is 15.3. The molecule has 0 aliphatic carbocycles.